The molecule has 2 atom stereocenters. The summed E-state index contributed by atoms with van der Waals surface area (Å²) in [5.74, 6) is 0.812. The van der Waals surface area contributed by atoms with Gasteiger partial charge in [-0.05, 0) is 42.7 Å². The molecule has 0 bridgehead atoms. The lowest BCUT2D eigenvalue weighted by Gasteiger charge is -2.47. The van der Waals surface area contributed by atoms with E-state index in [0.29, 0.717) is 23.8 Å². The second-order valence-corrected chi connectivity index (χ2v) is 11.1. The summed E-state index contributed by atoms with van der Waals surface area (Å²) >= 11 is 0. The minimum absolute atomic E-state index is 0.0427. The molecule has 0 aromatic heterocycles. The third kappa shape index (κ3) is 6.98. The second kappa shape index (κ2) is 8.69. The van der Waals surface area contributed by atoms with Gasteiger partial charge in [0.25, 0.3) is 0 Å². The van der Waals surface area contributed by atoms with E-state index in [-0.39, 0.29) is 30.4 Å². The fraction of sp³-hybridized carbons (Fsp3) is 0.650. The van der Waals surface area contributed by atoms with Gasteiger partial charge < -0.3 is 20.5 Å². The number of sulfone groups is 1. The van der Waals surface area contributed by atoms with Crippen molar-refractivity contribution in [1.82, 2.24) is 5.32 Å². The Balaban J connectivity index is 1.99. The van der Waals surface area contributed by atoms with Crippen LogP contribution in [-0.4, -0.2) is 50.3 Å². The van der Waals surface area contributed by atoms with Crippen LogP contribution in [0.25, 0.3) is 0 Å². The number of hydrogen-bond acceptors (Lipinski definition) is 5. The van der Waals surface area contributed by atoms with E-state index >= 15 is 0 Å². The van der Waals surface area contributed by atoms with E-state index in [0.717, 1.165) is 19.1 Å². The Hall–Kier alpha value is -1.80. The molecule has 0 spiro atoms. The van der Waals surface area contributed by atoms with Gasteiger partial charge in [0.2, 0.25) is 0 Å². The van der Waals surface area contributed by atoms with Crippen LogP contribution in [0.4, 0.5) is 10.5 Å². The largest absolute Gasteiger partial charge is 0.492 e. The van der Waals surface area contributed by atoms with E-state index in [1.165, 1.54) is 0 Å². The number of hydrogen-bond donors (Lipinski definition) is 3. The van der Waals surface area contributed by atoms with Crippen LogP contribution in [0.5, 0.6) is 5.75 Å². The van der Waals surface area contributed by atoms with Crippen molar-refractivity contribution in [2.45, 2.75) is 45.6 Å². The smallest absolute Gasteiger partial charge is 0.319 e. The predicted molar refractivity (Wildman–Crippen MR) is 110 cm³/mol. The van der Waals surface area contributed by atoms with Gasteiger partial charge in [-0.3, -0.25) is 0 Å². The molecule has 2 rings (SSSR count). The average Bonchev–Trinajstić information content (AvgIpc) is 2.51. The van der Waals surface area contributed by atoms with Crippen molar-refractivity contribution in [2.24, 2.45) is 11.3 Å². The van der Waals surface area contributed by atoms with Crippen LogP contribution in [0.1, 0.15) is 40.0 Å². The summed E-state index contributed by atoms with van der Waals surface area (Å²) in [6.45, 7) is 6.40. The lowest BCUT2D eigenvalue weighted by molar-refractivity contribution is 0.0446. The highest BCUT2D eigenvalue weighted by Gasteiger charge is 2.43. The first-order chi connectivity index (χ1) is 12.9. The van der Waals surface area contributed by atoms with Gasteiger partial charge >= 0.3 is 6.03 Å². The van der Waals surface area contributed by atoms with Gasteiger partial charge in [0, 0.05) is 18.0 Å². The fourth-order valence-corrected chi connectivity index (χ4v) is 4.76. The van der Waals surface area contributed by atoms with E-state index in [9.17, 15) is 18.3 Å². The summed E-state index contributed by atoms with van der Waals surface area (Å²) in [4.78, 5) is 12.6. The zero-order valence-corrected chi connectivity index (χ0v) is 17.9. The highest BCUT2D eigenvalue weighted by Crippen LogP contribution is 2.43. The molecule has 28 heavy (non-hydrogen) atoms. The second-order valence-electron chi connectivity index (χ2n) is 8.88. The lowest BCUT2D eigenvalue weighted by atomic mass is 9.64. The van der Waals surface area contributed by atoms with Crippen LogP contribution in [0.2, 0.25) is 0 Å². The maximum Gasteiger partial charge on any atom is 0.319 e. The Labute approximate surface area is 167 Å². The number of nitrogens with one attached hydrogen (secondary N) is 2. The first-order valence-corrected chi connectivity index (χ1v) is 11.6. The molecule has 1 aromatic carbocycles. The van der Waals surface area contributed by atoms with Crippen molar-refractivity contribution in [3.8, 4) is 5.75 Å². The first-order valence-electron chi connectivity index (χ1n) is 9.53. The fourth-order valence-electron chi connectivity index (χ4n) is 4.38. The molecule has 2 amide bonds. The number of rotatable bonds is 7. The number of ether oxygens (including phenoxy) is 1. The highest BCUT2D eigenvalue weighted by molar-refractivity contribution is 7.90. The van der Waals surface area contributed by atoms with Crippen LogP contribution < -0.4 is 15.4 Å². The van der Waals surface area contributed by atoms with Crippen molar-refractivity contribution in [3.63, 3.8) is 0 Å². The molecule has 1 aromatic rings. The van der Waals surface area contributed by atoms with Crippen LogP contribution in [0.3, 0.4) is 0 Å². The Morgan fingerprint density at radius 2 is 2.04 bits per heavy atom. The molecule has 0 saturated heterocycles. The number of amides is 2. The Morgan fingerprint density at radius 1 is 1.32 bits per heavy atom. The summed E-state index contributed by atoms with van der Waals surface area (Å²) in [6, 6.07) is 6.40. The molecule has 1 fully saturated rings. The van der Waals surface area contributed by atoms with Crippen LogP contribution in [0, 0.1) is 11.3 Å². The summed E-state index contributed by atoms with van der Waals surface area (Å²) in [7, 11) is -3.09. The van der Waals surface area contributed by atoms with Crippen molar-refractivity contribution >= 4 is 21.6 Å². The van der Waals surface area contributed by atoms with E-state index in [4.69, 9.17) is 4.74 Å². The predicted octanol–water partition coefficient (Wildman–Crippen LogP) is 2.81. The number of anilines is 1. The maximum atomic E-state index is 12.6. The molecule has 1 aliphatic carbocycles. The Morgan fingerprint density at radius 3 is 2.64 bits per heavy atom. The molecule has 8 heteroatoms. The van der Waals surface area contributed by atoms with Crippen LogP contribution in [0.15, 0.2) is 24.3 Å². The molecule has 0 aliphatic heterocycles. The van der Waals surface area contributed by atoms with Crippen molar-refractivity contribution < 1.29 is 23.1 Å². The SMILES string of the molecule is C[C@@H]1CC(C)(C)C[C@@](CO)(NC(=O)Nc2cccc(OCCS(C)(=O)=O)c2)C1. The number of carbonyl (C=O) groups is 1. The monoisotopic (exact) mass is 412 g/mol. The normalized spacial score (nSPS) is 24.4. The molecule has 7 nitrogen and oxygen atoms in total. The van der Waals surface area contributed by atoms with E-state index in [1.54, 1.807) is 24.3 Å². The molecule has 1 saturated carbocycles. The number of urea groups is 1. The zero-order chi connectivity index (χ0) is 21.0. The average molecular weight is 413 g/mol. The van der Waals surface area contributed by atoms with E-state index in [1.807, 2.05) is 0 Å². The van der Waals surface area contributed by atoms with Gasteiger partial charge in [0.15, 0.2) is 9.84 Å². The van der Waals surface area contributed by atoms with Gasteiger partial charge in [-0.15, -0.1) is 0 Å². The summed E-state index contributed by atoms with van der Waals surface area (Å²) < 4.78 is 27.8. The summed E-state index contributed by atoms with van der Waals surface area (Å²) in [5.41, 5.74) is -0.0684. The van der Waals surface area contributed by atoms with E-state index < -0.39 is 15.4 Å². The van der Waals surface area contributed by atoms with Crippen LogP contribution in [-0.2, 0) is 9.84 Å². The van der Waals surface area contributed by atoms with Gasteiger partial charge in [0.05, 0.1) is 17.9 Å². The Bertz CT molecular complexity index is 794. The first kappa shape index (κ1) is 22.5. The molecule has 1 aliphatic rings. The van der Waals surface area contributed by atoms with E-state index in [2.05, 4.69) is 31.4 Å². The topological polar surface area (TPSA) is 105 Å². The molecule has 3 N–H and O–H groups in total. The molecule has 0 unspecified atom stereocenters. The lowest BCUT2D eigenvalue weighted by Crippen LogP contribution is -2.58. The van der Waals surface area contributed by atoms with Gasteiger partial charge in [-0.2, -0.15) is 0 Å². The van der Waals surface area contributed by atoms with Crippen molar-refractivity contribution in [2.75, 3.05) is 30.5 Å². The molecule has 0 radical (unpaired) electrons. The molecule has 0 heterocycles. The quantitative estimate of drug-likeness (QED) is 0.639. The standard InChI is InChI=1S/C20H32N2O5S/c1-15-11-19(2,3)13-20(12-15,14-23)22-18(24)21-16-6-5-7-17(10-16)27-8-9-28(4,25)26/h5-7,10,15,23H,8-9,11-14H2,1-4H3,(H2,21,22,24)/t15-,20+/m1/s1. The summed E-state index contributed by atoms with van der Waals surface area (Å²) in [5, 5.41) is 15.8. The highest BCUT2D eigenvalue weighted by atomic mass is 32.2. The minimum Gasteiger partial charge on any atom is -0.492 e. The Kier molecular flexibility index (Phi) is 6.98. The zero-order valence-electron chi connectivity index (χ0n) is 17.1. The van der Waals surface area contributed by atoms with Crippen molar-refractivity contribution in [1.29, 1.82) is 0 Å². The van der Waals surface area contributed by atoms with Crippen LogP contribution >= 0.6 is 0 Å². The number of carbonyl (C=O) groups excluding carboxylic acids is 1. The molecular formula is C20H32N2O5S. The summed E-state index contributed by atoms with van der Waals surface area (Å²) in [6.07, 6.45) is 3.66. The maximum absolute atomic E-state index is 12.6. The van der Waals surface area contributed by atoms with Gasteiger partial charge in [-0.1, -0.05) is 26.8 Å². The third-order valence-corrected chi connectivity index (χ3v) is 5.86. The number of aliphatic hydroxyl groups is 1. The van der Waals surface area contributed by atoms with Gasteiger partial charge in [0.1, 0.15) is 12.4 Å². The molecular weight excluding hydrogens is 380 g/mol. The van der Waals surface area contributed by atoms with Crippen molar-refractivity contribution in [3.05, 3.63) is 24.3 Å². The molecule has 158 valence electrons. The number of benzene rings is 1. The number of aliphatic hydroxyl groups excluding tert-OH is 1. The minimum atomic E-state index is -3.09. The third-order valence-electron chi connectivity index (χ3n) is 4.95. The van der Waals surface area contributed by atoms with Gasteiger partial charge in [-0.25, -0.2) is 13.2 Å².